The van der Waals surface area contributed by atoms with Crippen LogP contribution in [0, 0.1) is 0 Å². The lowest BCUT2D eigenvalue weighted by Gasteiger charge is -2.24. The number of anilines is 1. The highest BCUT2D eigenvalue weighted by Gasteiger charge is 2.14. The van der Waals surface area contributed by atoms with E-state index in [0.717, 1.165) is 22.3 Å². The third kappa shape index (κ3) is 4.52. The first-order valence-electron chi connectivity index (χ1n) is 8.53. The van der Waals surface area contributed by atoms with E-state index in [1.54, 1.807) is 12.1 Å². The lowest BCUT2D eigenvalue weighted by molar-refractivity contribution is 0.0733. The monoisotopic (exact) mass is 409 g/mol. The molecule has 0 amide bonds. The number of hydrogen-bond acceptors (Lipinski definition) is 3. The summed E-state index contributed by atoms with van der Waals surface area (Å²) in [6.07, 6.45) is 0. The molecule has 0 fully saturated rings. The Morgan fingerprint density at radius 3 is 2.27 bits per heavy atom. The van der Waals surface area contributed by atoms with Crippen LogP contribution in [-0.2, 0) is 6.54 Å². The first kappa shape index (κ1) is 18.2. The van der Waals surface area contributed by atoms with Crippen LogP contribution < -0.4 is 9.64 Å². The van der Waals surface area contributed by atoms with Gasteiger partial charge in [0, 0.05) is 28.8 Å². The van der Waals surface area contributed by atoms with Crippen molar-refractivity contribution >= 4 is 27.6 Å². The SMILES string of the molecule is CCN(Cc1ccc(Br)cc1OC(=O)c1ccccc1)c1ccccc1. The molecular weight excluding hydrogens is 390 g/mol. The Labute approximate surface area is 162 Å². The number of benzene rings is 3. The van der Waals surface area contributed by atoms with Crippen molar-refractivity contribution in [3.05, 3.63) is 94.5 Å². The molecule has 3 nitrogen and oxygen atoms in total. The topological polar surface area (TPSA) is 29.5 Å². The molecule has 0 saturated heterocycles. The van der Waals surface area contributed by atoms with E-state index in [0.29, 0.717) is 17.9 Å². The summed E-state index contributed by atoms with van der Waals surface area (Å²) >= 11 is 3.47. The number of nitrogens with zero attached hydrogens (tertiary/aromatic N) is 1. The fourth-order valence-electron chi connectivity index (χ4n) is 2.72. The van der Waals surface area contributed by atoms with Crippen molar-refractivity contribution in [2.45, 2.75) is 13.5 Å². The summed E-state index contributed by atoms with van der Waals surface area (Å²) in [4.78, 5) is 14.7. The van der Waals surface area contributed by atoms with E-state index in [1.165, 1.54) is 0 Å². The van der Waals surface area contributed by atoms with Crippen LogP contribution in [0.4, 0.5) is 5.69 Å². The Balaban J connectivity index is 1.85. The number of rotatable bonds is 6. The van der Waals surface area contributed by atoms with Gasteiger partial charge in [-0.3, -0.25) is 0 Å². The van der Waals surface area contributed by atoms with Gasteiger partial charge in [0.15, 0.2) is 0 Å². The van der Waals surface area contributed by atoms with Crippen LogP contribution >= 0.6 is 15.9 Å². The van der Waals surface area contributed by atoms with Crippen LogP contribution in [-0.4, -0.2) is 12.5 Å². The van der Waals surface area contributed by atoms with Crippen molar-refractivity contribution in [2.24, 2.45) is 0 Å². The number of ether oxygens (including phenoxy) is 1. The summed E-state index contributed by atoms with van der Waals surface area (Å²) in [6.45, 7) is 3.62. The fraction of sp³-hybridized carbons (Fsp3) is 0.136. The largest absolute Gasteiger partial charge is 0.423 e. The third-order valence-electron chi connectivity index (χ3n) is 4.11. The maximum absolute atomic E-state index is 12.5. The highest BCUT2D eigenvalue weighted by atomic mass is 79.9. The van der Waals surface area contributed by atoms with Crippen molar-refractivity contribution in [3.63, 3.8) is 0 Å². The van der Waals surface area contributed by atoms with E-state index in [4.69, 9.17) is 4.74 Å². The molecule has 3 rings (SSSR count). The van der Waals surface area contributed by atoms with E-state index >= 15 is 0 Å². The molecule has 0 atom stereocenters. The molecule has 0 unspecified atom stereocenters. The zero-order chi connectivity index (χ0) is 18.4. The molecule has 0 bridgehead atoms. The number of hydrogen-bond donors (Lipinski definition) is 0. The summed E-state index contributed by atoms with van der Waals surface area (Å²) in [6, 6.07) is 25.0. The van der Waals surface area contributed by atoms with Crippen LogP contribution in [0.15, 0.2) is 83.3 Å². The number of esters is 1. The summed E-state index contributed by atoms with van der Waals surface area (Å²) in [7, 11) is 0. The molecule has 0 aliphatic heterocycles. The van der Waals surface area contributed by atoms with Crippen molar-refractivity contribution in [2.75, 3.05) is 11.4 Å². The molecule has 3 aromatic rings. The van der Waals surface area contributed by atoms with E-state index in [-0.39, 0.29) is 5.97 Å². The predicted octanol–water partition coefficient (Wildman–Crippen LogP) is 5.69. The standard InChI is InChI=1S/C22H20BrNO2/c1-2-24(20-11-7-4-8-12-20)16-18-13-14-19(23)15-21(18)26-22(25)17-9-5-3-6-10-17/h3-15H,2,16H2,1H3. The Kier molecular flexibility index (Phi) is 6.08. The molecule has 4 heteroatoms. The number of carbonyl (C=O) groups excluding carboxylic acids is 1. The molecule has 0 N–H and O–H groups in total. The van der Waals surface area contributed by atoms with Crippen molar-refractivity contribution in [1.29, 1.82) is 0 Å². The van der Waals surface area contributed by atoms with Crippen LogP contribution in [0.2, 0.25) is 0 Å². The second-order valence-corrected chi connectivity index (χ2v) is 6.77. The highest BCUT2D eigenvalue weighted by Crippen LogP contribution is 2.27. The Morgan fingerprint density at radius 1 is 0.962 bits per heavy atom. The van der Waals surface area contributed by atoms with Gasteiger partial charge in [-0.05, 0) is 43.3 Å². The molecule has 0 radical (unpaired) electrons. The van der Waals surface area contributed by atoms with Crippen LogP contribution in [0.3, 0.4) is 0 Å². The number of halogens is 1. The average Bonchev–Trinajstić information content (AvgIpc) is 2.69. The van der Waals surface area contributed by atoms with Gasteiger partial charge in [-0.1, -0.05) is 58.4 Å². The minimum atomic E-state index is -0.354. The molecule has 26 heavy (non-hydrogen) atoms. The van der Waals surface area contributed by atoms with Gasteiger partial charge in [0.1, 0.15) is 5.75 Å². The maximum Gasteiger partial charge on any atom is 0.343 e. The summed E-state index contributed by atoms with van der Waals surface area (Å²) in [5.74, 6) is 0.218. The molecule has 132 valence electrons. The van der Waals surface area contributed by atoms with Gasteiger partial charge in [-0.2, -0.15) is 0 Å². The van der Waals surface area contributed by atoms with Gasteiger partial charge in [0.2, 0.25) is 0 Å². The molecule has 0 aliphatic rings. The zero-order valence-corrected chi connectivity index (χ0v) is 16.1. The summed E-state index contributed by atoms with van der Waals surface area (Å²) in [5, 5.41) is 0. The van der Waals surface area contributed by atoms with Crippen molar-refractivity contribution < 1.29 is 9.53 Å². The summed E-state index contributed by atoms with van der Waals surface area (Å²) < 4.78 is 6.57. The average molecular weight is 410 g/mol. The van der Waals surface area contributed by atoms with Crippen LogP contribution in [0.1, 0.15) is 22.8 Å². The molecule has 0 aliphatic carbocycles. The van der Waals surface area contributed by atoms with Gasteiger partial charge in [0.25, 0.3) is 0 Å². The van der Waals surface area contributed by atoms with Crippen molar-refractivity contribution in [3.8, 4) is 5.75 Å². The third-order valence-corrected chi connectivity index (χ3v) is 4.60. The maximum atomic E-state index is 12.5. The number of para-hydroxylation sites is 1. The van der Waals surface area contributed by atoms with E-state index in [2.05, 4.69) is 39.9 Å². The molecular formula is C22H20BrNO2. The quantitative estimate of drug-likeness (QED) is 0.386. The Hall–Kier alpha value is -2.59. The Morgan fingerprint density at radius 2 is 1.62 bits per heavy atom. The first-order valence-corrected chi connectivity index (χ1v) is 9.32. The highest BCUT2D eigenvalue weighted by molar-refractivity contribution is 9.10. The minimum absolute atomic E-state index is 0.354. The molecule has 0 aromatic heterocycles. The van der Waals surface area contributed by atoms with Gasteiger partial charge in [-0.25, -0.2) is 4.79 Å². The van der Waals surface area contributed by atoms with E-state index in [1.807, 2.05) is 54.6 Å². The number of carbonyl (C=O) groups is 1. The van der Waals surface area contributed by atoms with Gasteiger partial charge in [0.05, 0.1) is 5.56 Å². The Bertz CT molecular complexity index is 866. The lowest BCUT2D eigenvalue weighted by Crippen LogP contribution is -2.22. The van der Waals surface area contributed by atoms with Gasteiger partial charge >= 0.3 is 5.97 Å². The normalized spacial score (nSPS) is 10.4. The van der Waals surface area contributed by atoms with Gasteiger partial charge in [-0.15, -0.1) is 0 Å². The van der Waals surface area contributed by atoms with Gasteiger partial charge < -0.3 is 9.64 Å². The van der Waals surface area contributed by atoms with E-state index < -0.39 is 0 Å². The second-order valence-electron chi connectivity index (χ2n) is 5.86. The van der Waals surface area contributed by atoms with Crippen LogP contribution in [0.25, 0.3) is 0 Å². The smallest absolute Gasteiger partial charge is 0.343 e. The predicted molar refractivity (Wildman–Crippen MR) is 109 cm³/mol. The lowest BCUT2D eigenvalue weighted by atomic mass is 10.1. The fourth-order valence-corrected chi connectivity index (χ4v) is 3.06. The molecule has 0 saturated carbocycles. The molecule has 0 heterocycles. The second kappa shape index (κ2) is 8.68. The summed E-state index contributed by atoms with van der Waals surface area (Å²) in [5.41, 5.74) is 2.63. The van der Waals surface area contributed by atoms with Crippen molar-refractivity contribution in [1.82, 2.24) is 0 Å². The first-order chi connectivity index (χ1) is 12.7. The van der Waals surface area contributed by atoms with Crippen LogP contribution in [0.5, 0.6) is 5.75 Å². The molecule has 0 spiro atoms. The zero-order valence-electron chi connectivity index (χ0n) is 14.6. The van der Waals surface area contributed by atoms with E-state index in [9.17, 15) is 4.79 Å². The minimum Gasteiger partial charge on any atom is -0.423 e. The molecule has 3 aromatic carbocycles.